The van der Waals surface area contributed by atoms with Gasteiger partial charge in [-0.15, -0.1) is 0 Å². The molecule has 1 aromatic rings. The molecule has 5 heteroatoms. The molecule has 1 fully saturated rings. The van der Waals surface area contributed by atoms with Gasteiger partial charge in [0.05, 0.1) is 0 Å². The summed E-state index contributed by atoms with van der Waals surface area (Å²) < 4.78 is 0. The Balaban J connectivity index is 1.48. The fourth-order valence-corrected chi connectivity index (χ4v) is 4.04. The number of hydrogen-bond donors (Lipinski definition) is 1. The quantitative estimate of drug-likeness (QED) is 0.908. The molecule has 5 nitrogen and oxygen atoms in total. The zero-order valence-electron chi connectivity index (χ0n) is 15.5. The van der Waals surface area contributed by atoms with Crippen LogP contribution in [0.5, 0.6) is 0 Å². The highest BCUT2D eigenvalue weighted by Crippen LogP contribution is 2.36. The van der Waals surface area contributed by atoms with E-state index in [0.717, 1.165) is 6.42 Å². The van der Waals surface area contributed by atoms with E-state index in [1.54, 1.807) is 6.92 Å². The average Bonchev–Trinajstić information content (AvgIpc) is 2.90. The summed E-state index contributed by atoms with van der Waals surface area (Å²) in [4.78, 5) is 27.5. The molecule has 0 aromatic heterocycles. The van der Waals surface area contributed by atoms with E-state index in [4.69, 9.17) is 0 Å². The van der Waals surface area contributed by atoms with E-state index in [-0.39, 0.29) is 11.8 Å². The number of rotatable bonds is 4. The van der Waals surface area contributed by atoms with Crippen LogP contribution in [0.2, 0.25) is 0 Å². The van der Waals surface area contributed by atoms with Crippen molar-refractivity contribution in [1.82, 2.24) is 15.1 Å². The molecule has 1 aliphatic heterocycles. The van der Waals surface area contributed by atoms with E-state index in [1.165, 1.54) is 16.7 Å². The predicted molar refractivity (Wildman–Crippen MR) is 98.2 cm³/mol. The molecule has 0 bridgehead atoms. The second-order valence-electron chi connectivity index (χ2n) is 7.45. The predicted octanol–water partition coefficient (Wildman–Crippen LogP) is 1.90. The van der Waals surface area contributed by atoms with Crippen LogP contribution in [0.4, 0.5) is 0 Å². The lowest BCUT2D eigenvalue weighted by Crippen LogP contribution is -2.50. The van der Waals surface area contributed by atoms with Crippen LogP contribution in [-0.2, 0) is 16.0 Å². The number of nitrogens with zero attached hydrogens (tertiary/aromatic N) is 2. The van der Waals surface area contributed by atoms with Crippen LogP contribution in [0.25, 0.3) is 0 Å². The van der Waals surface area contributed by atoms with Gasteiger partial charge in [0, 0.05) is 52.1 Å². The topological polar surface area (TPSA) is 52.7 Å². The van der Waals surface area contributed by atoms with Gasteiger partial charge in [0.25, 0.3) is 0 Å². The highest BCUT2D eigenvalue weighted by atomic mass is 16.2. The summed E-state index contributed by atoms with van der Waals surface area (Å²) in [6.07, 6.45) is 1.62. The van der Waals surface area contributed by atoms with Crippen LogP contribution < -0.4 is 5.32 Å². The molecule has 0 saturated carbocycles. The second-order valence-corrected chi connectivity index (χ2v) is 7.45. The minimum Gasteiger partial charge on any atom is -0.339 e. The number of carbonyl (C=O) groups is 2. The Hall–Kier alpha value is -1.88. The summed E-state index contributed by atoms with van der Waals surface area (Å²) >= 11 is 0. The maximum Gasteiger partial charge on any atom is 0.223 e. The van der Waals surface area contributed by atoms with Crippen LogP contribution in [0.3, 0.4) is 0 Å². The molecule has 1 saturated heterocycles. The summed E-state index contributed by atoms with van der Waals surface area (Å²) in [7, 11) is 0. The Morgan fingerprint density at radius 1 is 1.16 bits per heavy atom. The van der Waals surface area contributed by atoms with Crippen molar-refractivity contribution in [3.05, 3.63) is 34.9 Å². The molecule has 0 radical (unpaired) electrons. The lowest BCUT2D eigenvalue weighted by Gasteiger charge is -2.34. The van der Waals surface area contributed by atoms with Crippen molar-refractivity contribution in [2.24, 2.45) is 5.92 Å². The van der Waals surface area contributed by atoms with Crippen LogP contribution >= 0.6 is 0 Å². The van der Waals surface area contributed by atoms with Gasteiger partial charge >= 0.3 is 0 Å². The fraction of sp³-hybridized carbons (Fsp3) is 0.600. The average molecular weight is 343 g/mol. The van der Waals surface area contributed by atoms with E-state index in [1.807, 2.05) is 9.80 Å². The summed E-state index contributed by atoms with van der Waals surface area (Å²) in [5.74, 6) is 0.842. The molecule has 136 valence electrons. The third-order valence-electron chi connectivity index (χ3n) is 5.53. The number of hydrogen-bond acceptors (Lipinski definition) is 3. The van der Waals surface area contributed by atoms with Gasteiger partial charge < -0.3 is 15.1 Å². The third-order valence-corrected chi connectivity index (χ3v) is 5.53. The smallest absolute Gasteiger partial charge is 0.223 e. The van der Waals surface area contributed by atoms with Gasteiger partial charge in [-0.05, 0) is 30.4 Å². The first-order chi connectivity index (χ1) is 12.0. The number of carbonyl (C=O) groups excluding carboxylic acids is 2. The number of piperazine rings is 1. The van der Waals surface area contributed by atoms with Gasteiger partial charge in [0.1, 0.15) is 0 Å². The van der Waals surface area contributed by atoms with Gasteiger partial charge in [-0.1, -0.05) is 30.7 Å². The van der Waals surface area contributed by atoms with Crippen molar-refractivity contribution in [2.45, 2.75) is 39.7 Å². The SMILES string of the molecule is CC(=O)N1CCN(C(=O)CCN[C@@H]2c3cc(C)ccc3C[C@H]2C)CC1. The standard InChI is InChI=1S/C20H29N3O2/c1-14-4-5-17-13-15(2)20(18(17)12-14)21-7-6-19(25)23-10-8-22(9-11-23)16(3)24/h4-5,12,15,20-21H,6-11,13H2,1-3H3/t15-,20+/m1/s1. The normalized spacial score (nSPS) is 22.8. The number of benzene rings is 1. The zero-order valence-corrected chi connectivity index (χ0v) is 15.5. The maximum absolute atomic E-state index is 12.4. The monoisotopic (exact) mass is 343 g/mol. The molecular formula is C20H29N3O2. The van der Waals surface area contributed by atoms with Crippen LogP contribution in [0, 0.1) is 12.8 Å². The molecule has 0 spiro atoms. The van der Waals surface area contributed by atoms with Crippen LogP contribution in [0.1, 0.15) is 43.0 Å². The molecule has 2 atom stereocenters. The first-order valence-corrected chi connectivity index (χ1v) is 9.32. The fourth-order valence-electron chi connectivity index (χ4n) is 4.04. The number of amides is 2. The van der Waals surface area contributed by atoms with Gasteiger partial charge in [-0.2, -0.15) is 0 Å². The van der Waals surface area contributed by atoms with E-state index in [2.05, 4.69) is 37.4 Å². The molecule has 2 amide bonds. The molecule has 1 heterocycles. The highest BCUT2D eigenvalue weighted by Gasteiger charge is 2.29. The van der Waals surface area contributed by atoms with Gasteiger partial charge in [-0.25, -0.2) is 0 Å². The highest BCUT2D eigenvalue weighted by molar-refractivity contribution is 5.77. The molecule has 1 aromatic carbocycles. The van der Waals surface area contributed by atoms with Crippen molar-refractivity contribution < 1.29 is 9.59 Å². The minimum absolute atomic E-state index is 0.0953. The number of nitrogens with one attached hydrogen (secondary N) is 1. The van der Waals surface area contributed by atoms with Crippen molar-refractivity contribution >= 4 is 11.8 Å². The second kappa shape index (κ2) is 7.56. The van der Waals surface area contributed by atoms with Crippen LogP contribution in [0.15, 0.2) is 18.2 Å². The van der Waals surface area contributed by atoms with Crippen LogP contribution in [-0.4, -0.2) is 54.3 Å². The summed E-state index contributed by atoms with van der Waals surface area (Å²) in [6, 6.07) is 7.04. The largest absolute Gasteiger partial charge is 0.339 e. The number of fused-ring (bicyclic) bond motifs is 1. The maximum atomic E-state index is 12.4. The van der Waals surface area contributed by atoms with Crippen molar-refractivity contribution in [2.75, 3.05) is 32.7 Å². The first kappa shape index (κ1) is 17.9. The molecule has 1 aliphatic carbocycles. The van der Waals surface area contributed by atoms with Gasteiger partial charge in [-0.3, -0.25) is 9.59 Å². The molecule has 0 unspecified atom stereocenters. The van der Waals surface area contributed by atoms with E-state index in [0.29, 0.717) is 51.1 Å². The lowest BCUT2D eigenvalue weighted by atomic mass is 10.0. The van der Waals surface area contributed by atoms with Crippen molar-refractivity contribution in [1.29, 1.82) is 0 Å². The van der Waals surface area contributed by atoms with E-state index in [9.17, 15) is 9.59 Å². The summed E-state index contributed by atoms with van der Waals surface area (Å²) in [5, 5.41) is 3.60. The first-order valence-electron chi connectivity index (χ1n) is 9.32. The minimum atomic E-state index is 0.0953. The Kier molecular flexibility index (Phi) is 5.42. The molecule has 2 aliphatic rings. The molecular weight excluding hydrogens is 314 g/mol. The lowest BCUT2D eigenvalue weighted by molar-refractivity contribution is -0.138. The van der Waals surface area contributed by atoms with Crippen molar-refractivity contribution in [3.8, 4) is 0 Å². The van der Waals surface area contributed by atoms with Gasteiger partial charge in [0.15, 0.2) is 0 Å². The van der Waals surface area contributed by atoms with Crippen molar-refractivity contribution in [3.63, 3.8) is 0 Å². The Morgan fingerprint density at radius 2 is 1.84 bits per heavy atom. The zero-order chi connectivity index (χ0) is 18.0. The molecule has 3 rings (SSSR count). The Labute approximate surface area is 150 Å². The Bertz CT molecular complexity index is 650. The van der Waals surface area contributed by atoms with E-state index < -0.39 is 0 Å². The van der Waals surface area contributed by atoms with Gasteiger partial charge in [0.2, 0.25) is 11.8 Å². The van der Waals surface area contributed by atoms with E-state index >= 15 is 0 Å². The molecule has 1 N–H and O–H groups in total. The third kappa shape index (κ3) is 4.03. The Morgan fingerprint density at radius 3 is 2.52 bits per heavy atom. The number of aryl methyl sites for hydroxylation is 1. The summed E-state index contributed by atoms with van der Waals surface area (Å²) in [6.45, 7) is 9.31. The molecule has 25 heavy (non-hydrogen) atoms. The summed E-state index contributed by atoms with van der Waals surface area (Å²) in [5.41, 5.74) is 4.12.